The summed E-state index contributed by atoms with van der Waals surface area (Å²) in [6.07, 6.45) is 8.04. The first-order valence-electron chi connectivity index (χ1n) is 4.95. The average Bonchev–Trinajstić information content (AvgIpc) is 2.33. The van der Waals surface area contributed by atoms with Crippen molar-refractivity contribution in [1.29, 1.82) is 0 Å². The normalized spacial score (nSPS) is 14.1. The number of hydrogen-bond acceptors (Lipinski definition) is 5. The molecule has 0 aromatic rings. The Morgan fingerprint density at radius 2 is 2.05 bits per heavy atom. The van der Waals surface area contributed by atoms with Gasteiger partial charge in [0.2, 0.25) is 11.4 Å². The number of carbonyl (C=O) groups excluding carboxylic acids is 2. The monoisotopic (exact) mass is 399 g/mol. The summed E-state index contributed by atoms with van der Waals surface area (Å²) in [5, 5.41) is 2.35. The van der Waals surface area contributed by atoms with Crippen LogP contribution in [0.15, 0.2) is 12.2 Å². The Bertz CT molecular complexity index is 367. The molecule has 0 fully saturated rings. The van der Waals surface area contributed by atoms with Crippen molar-refractivity contribution in [2.75, 3.05) is 13.7 Å². The van der Waals surface area contributed by atoms with E-state index in [1.165, 1.54) is 26.2 Å². The van der Waals surface area contributed by atoms with Crippen molar-refractivity contribution in [2.45, 2.75) is 18.5 Å². The van der Waals surface area contributed by atoms with Crippen molar-refractivity contribution in [3.05, 3.63) is 12.2 Å². The number of amides is 1. The lowest BCUT2D eigenvalue weighted by molar-refractivity contribution is -0.146. The van der Waals surface area contributed by atoms with E-state index < -0.39 is 23.5 Å². The van der Waals surface area contributed by atoms with Crippen LogP contribution in [0.3, 0.4) is 0 Å². The molecule has 0 aliphatic rings. The average molecular weight is 401 g/mol. The zero-order valence-corrected chi connectivity index (χ0v) is 14.1. The number of terminal acetylenes is 1. The van der Waals surface area contributed by atoms with E-state index >= 15 is 0 Å². The largest absolute Gasteiger partial charge is 0.466 e. The van der Waals surface area contributed by atoms with Gasteiger partial charge in [0.15, 0.2) is 0 Å². The molecule has 0 aliphatic carbocycles. The zero-order chi connectivity index (χ0) is 13.5. The van der Waals surface area contributed by atoms with Crippen LogP contribution in [-0.2, 0) is 14.3 Å². The van der Waals surface area contributed by atoms with Gasteiger partial charge in [-0.1, -0.05) is 12.0 Å². The van der Waals surface area contributed by atoms with E-state index in [0.717, 1.165) is 0 Å². The topological polar surface area (TPSA) is 107 Å². The van der Waals surface area contributed by atoms with Crippen LogP contribution < -0.4 is 16.8 Å². The SMILES string of the molecule is Br.Br.C#CC(C=CCN)(NC(=O)C(C)N)C(=O)OC. The highest BCUT2D eigenvalue weighted by Gasteiger charge is 2.37. The van der Waals surface area contributed by atoms with Crippen molar-refractivity contribution in [3.63, 3.8) is 0 Å². The number of esters is 1. The highest BCUT2D eigenvalue weighted by Crippen LogP contribution is 2.09. The molecule has 0 spiro atoms. The Hall–Kier alpha value is -0.880. The summed E-state index contributed by atoms with van der Waals surface area (Å²) in [5.41, 5.74) is 9.00. The van der Waals surface area contributed by atoms with Crippen LogP contribution >= 0.6 is 34.0 Å². The maximum atomic E-state index is 11.6. The molecule has 0 aromatic carbocycles. The van der Waals surface area contributed by atoms with Crippen LogP contribution in [0.5, 0.6) is 0 Å². The van der Waals surface area contributed by atoms with Gasteiger partial charge in [-0.25, -0.2) is 4.79 Å². The van der Waals surface area contributed by atoms with E-state index in [1.807, 2.05) is 0 Å². The summed E-state index contributed by atoms with van der Waals surface area (Å²) >= 11 is 0. The second kappa shape index (κ2) is 11.0. The fourth-order valence-corrected chi connectivity index (χ4v) is 1.02. The lowest BCUT2D eigenvalue weighted by atomic mass is 9.99. The van der Waals surface area contributed by atoms with Gasteiger partial charge < -0.3 is 21.5 Å². The molecule has 5 N–H and O–H groups in total. The van der Waals surface area contributed by atoms with Crippen LogP contribution in [-0.4, -0.2) is 37.1 Å². The summed E-state index contributed by atoms with van der Waals surface area (Å²) < 4.78 is 4.56. The fourth-order valence-electron chi connectivity index (χ4n) is 1.02. The van der Waals surface area contributed by atoms with Crippen molar-refractivity contribution in [1.82, 2.24) is 5.32 Å². The van der Waals surface area contributed by atoms with Crippen molar-refractivity contribution < 1.29 is 14.3 Å². The van der Waals surface area contributed by atoms with Gasteiger partial charge in [-0.3, -0.25) is 4.79 Å². The summed E-state index contributed by atoms with van der Waals surface area (Å²) in [5.74, 6) is 0.843. The van der Waals surface area contributed by atoms with Crippen LogP contribution in [0.1, 0.15) is 6.92 Å². The summed E-state index contributed by atoms with van der Waals surface area (Å²) in [4.78, 5) is 23.1. The first kappa shape index (κ1) is 23.2. The number of rotatable bonds is 5. The smallest absolute Gasteiger partial charge is 0.348 e. The lowest BCUT2D eigenvalue weighted by Gasteiger charge is -2.24. The van der Waals surface area contributed by atoms with Gasteiger partial charge in [0.1, 0.15) is 0 Å². The number of halogens is 2. The molecule has 0 heterocycles. The molecule has 0 rings (SSSR count). The first-order valence-corrected chi connectivity index (χ1v) is 4.95. The third-order valence-corrected chi connectivity index (χ3v) is 1.97. The summed E-state index contributed by atoms with van der Waals surface area (Å²) in [7, 11) is 1.17. The standard InChI is InChI=1S/C11H17N3O3.2BrH/c1-4-11(6-5-7-12,10(16)17-3)14-9(15)8(2)13;;/h1,5-6,8H,7,12-13H2,2-3H3,(H,14,15);2*1H. The van der Waals surface area contributed by atoms with Crippen molar-refractivity contribution in [3.8, 4) is 12.3 Å². The lowest BCUT2D eigenvalue weighted by Crippen LogP contribution is -2.56. The third-order valence-electron chi connectivity index (χ3n) is 1.97. The van der Waals surface area contributed by atoms with E-state index in [-0.39, 0.29) is 40.5 Å². The molecule has 6 nitrogen and oxygen atoms in total. The van der Waals surface area contributed by atoms with Gasteiger partial charge >= 0.3 is 5.97 Å². The Morgan fingerprint density at radius 1 is 1.53 bits per heavy atom. The molecule has 0 saturated carbocycles. The van der Waals surface area contributed by atoms with Gasteiger partial charge in [-0.15, -0.1) is 40.4 Å². The molecule has 2 atom stereocenters. The molecular formula is C11H19Br2N3O3. The van der Waals surface area contributed by atoms with Crippen LogP contribution in [0.25, 0.3) is 0 Å². The molecule has 0 aromatic heterocycles. The van der Waals surface area contributed by atoms with E-state index in [4.69, 9.17) is 17.9 Å². The van der Waals surface area contributed by atoms with Crippen LogP contribution in [0.4, 0.5) is 0 Å². The Labute approximate surface area is 133 Å². The molecule has 0 bridgehead atoms. The molecule has 0 saturated heterocycles. The van der Waals surface area contributed by atoms with E-state index in [9.17, 15) is 9.59 Å². The number of nitrogens with two attached hydrogens (primary N) is 2. The second-order valence-corrected chi connectivity index (χ2v) is 3.36. The van der Waals surface area contributed by atoms with Gasteiger partial charge in [0.05, 0.1) is 13.2 Å². The predicted octanol–water partition coefficient (Wildman–Crippen LogP) is -0.334. The summed E-state index contributed by atoms with van der Waals surface area (Å²) in [6.45, 7) is 1.65. The molecule has 2 unspecified atom stereocenters. The Kier molecular flexibility index (Phi) is 13.4. The van der Waals surface area contributed by atoms with Gasteiger partial charge in [-0.05, 0) is 13.0 Å². The van der Waals surface area contributed by atoms with E-state index in [0.29, 0.717) is 0 Å². The molecule has 19 heavy (non-hydrogen) atoms. The minimum Gasteiger partial charge on any atom is -0.466 e. The molecule has 0 radical (unpaired) electrons. The molecular weight excluding hydrogens is 382 g/mol. The number of methoxy groups -OCH3 is 1. The quantitative estimate of drug-likeness (QED) is 0.332. The van der Waals surface area contributed by atoms with Crippen molar-refractivity contribution in [2.24, 2.45) is 11.5 Å². The first-order chi connectivity index (χ1) is 7.93. The maximum Gasteiger partial charge on any atom is 0.348 e. The highest BCUT2D eigenvalue weighted by molar-refractivity contribution is 8.93. The second-order valence-electron chi connectivity index (χ2n) is 3.36. The number of ether oxygens (including phenoxy) is 1. The summed E-state index contributed by atoms with van der Waals surface area (Å²) in [6, 6.07) is -0.793. The molecule has 110 valence electrons. The van der Waals surface area contributed by atoms with Gasteiger partial charge in [-0.2, -0.15) is 0 Å². The molecule has 8 heteroatoms. The van der Waals surface area contributed by atoms with E-state index in [2.05, 4.69) is 16.0 Å². The predicted molar refractivity (Wildman–Crippen MR) is 84.2 cm³/mol. The molecule has 1 amide bonds. The maximum absolute atomic E-state index is 11.6. The Morgan fingerprint density at radius 3 is 2.37 bits per heavy atom. The third kappa shape index (κ3) is 6.73. The van der Waals surface area contributed by atoms with Crippen molar-refractivity contribution >= 4 is 45.8 Å². The fraction of sp³-hybridized carbons (Fsp3) is 0.455. The zero-order valence-electron chi connectivity index (χ0n) is 10.7. The van der Waals surface area contributed by atoms with Gasteiger partial charge in [0, 0.05) is 6.54 Å². The number of nitrogens with one attached hydrogen (secondary N) is 1. The number of hydrogen-bond donors (Lipinski definition) is 3. The highest BCUT2D eigenvalue weighted by atomic mass is 79.9. The number of carbonyl (C=O) groups is 2. The minimum atomic E-state index is -1.67. The minimum absolute atomic E-state index is 0. The van der Waals surface area contributed by atoms with Gasteiger partial charge in [0.25, 0.3) is 0 Å². The van der Waals surface area contributed by atoms with Crippen LogP contribution in [0, 0.1) is 12.3 Å². The van der Waals surface area contributed by atoms with Crippen LogP contribution in [0.2, 0.25) is 0 Å². The Balaban J connectivity index is -0.00000128. The van der Waals surface area contributed by atoms with E-state index in [1.54, 1.807) is 0 Å². The molecule has 0 aliphatic heterocycles.